The van der Waals surface area contributed by atoms with Crippen LogP contribution >= 0.6 is 11.3 Å². The molecule has 5 N–H and O–H groups in total. The van der Waals surface area contributed by atoms with Crippen molar-refractivity contribution in [3.63, 3.8) is 0 Å². The molecule has 0 aromatic carbocycles. The SMILES string of the molecule is Nc1nc(CNc2cc(C3CCOC3)nc(NCCO)n2)cs1. The number of aromatic nitrogens is 3. The average Bonchev–Trinajstić information content (AvgIpc) is 3.22. The zero-order chi connectivity index (χ0) is 16.1. The van der Waals surface area contributed by atoms with Crippen LogP contribution in [0.2, 0.25) is 0 Å². The van der Waals surface area contributed by atoms with Crippen LogP contribution in [0.5, 0.6) is 0 Å². The molecule has 1 atom stereocenters. The van der Waals surface area contributed by atoms with E-state index in [1.165, 1.54) is 11.3 Å². The standard InChI is InChI=1S/C14H20N6O2S/c15-13-18-10(8-23-13)6-17-12-5-11(9-1-4-22-7-9)19-14(20-12)16-2-3-21/h5,8-9,21H,1-4,6-7H2,(H2,15,18)(H2,16,17,19,20). The maximum Gasteiger partial charge on any atom is 0.224 e. The molecule has 1 fully saturated rings. The number of nitrogens with one attached hydrogen (secondary N) is 2. The molecular formula is C14H20N6O2S. The van der Waals surface area contributed by atoms with Crippen molar-refractivity contribution in [2.45, 2.75) is 18.9 Å². The lowest BCUT2D eigenvalue weighted by atomic mass is 10.0. The maximum absolute atomic E-state index is 8.96. The molecule has 1 aliphatic rings. The van der Waals surface area contributed by atoms with Crippen molar-refractivity contribution < 1.29 is 9.84 Å². The van der Waals surface area contributed by atoms with Crippen LogP contribution in [-0.4, -0.2) is 46.4 Å². The first-order chi connectivity index (χ1) is 11.2. The molecule has 1 aliphatic heterocycles. The number of ether oxygens (including phenoxy) is 1. The van der Waals surface area contributed by atoms with E-state index in [0.717, 1.165) is 24.4 Å². The lowest BCUT2D eigenvalue weighted by molar-refractivity contribution is 0.193. The van der Waals surface area contributed by atoms with Gasteiger partial charge >= 0.3 is 0 Å². The van der Waals surface area contributed by atoms with Crippen LogP contribution in [0.15, 0.2) is 11.4 Å². The van der Waals surface area contributed by atoms with Crippen LogP contribution < -0.4 is 16.4 Å². The van der Waals surface area contributed by atoms with E-state index in [2.05, 4.69) is 25.6 Å². The molecule has 23 heavy (non-hydrogen) atoms. The summed E-state index contributed by atoms with van der Waals surface area (Å²) < 4.78 is 5.44. The van der Waals surface area contributed by atoms with E-state index in [1.54, 1.807) is 0 Å². The summed E-state index contributed by atoms with van der Waals surface area (Å²) in [6.07, 6.45) is 0.957. The Kier molecular flexibility index (Phi) is 5.21. The molecule has 1 saturated heterocycles. The first kappa shape index (κ1) is 15.9. The van der Waals surface area contributed by atoms with Crippen molar-refractivity contribution >= 4 is 28.2 Å². The molecule has 3 heterocycles. The van der Waals surface area contributed by atoms with Gasteiger partial charge in [-0.3, -0.25) is 0 Å². The monoisotopic (exact) mass is 336 g/mol. The fraction of sp³-hybridized carbons (Fsp3) is 0.500. The van der Waals surface area contributed by atoms with Gasteiger partial charge in [0.1, 0.15) is 5.82 Å². The highest BCUT2D eigenvalue weighted by atomic mass is 32.1. The van der Waals surface area contributed by atoms with Gasteiger partial charge in [0.2, 0.25) is 5.95 Å². The summed E-state index contributed by atoms with van der Waals surface area (Å²) >= 11 is 1.41. The number of nitrogen functional groups attached to an aromatic ring is 1. The Morgan fingerprint density at radius 1 is 1.35 bits per heavy atom. The minimum atomic E-state index is 0.0288. The second kappa shape index (κ2) is 7.53. The first-order valence-electron chi connectivity index (χ1n) is 7.50. The summed E-state index contributed by atoms with van der Waals surface area (Å²) in [5.74, 6) is 1.50. The van der Waals surface area contributed by atoms with Crippen molar-refractivity contribution in [3.05, 3.63) is 22.8 Å². The summed E-state index contributed by atoms with van der Waals surface area (Å²) in [7, 11) is 0. The second-order valence-electron chi connectivity index (χ2n) is 5.24. The Balaban J connectivity index is 1.74. The molecule has 0 radical (unpaired) electrons. The molecule has 9 heteroatoms. The van der Waals surface area contributed by atoms with Gasteiger partial charge in [-0.1, -0.05) is 0 Å². The third kappa shape index (κ3) is 4.27. The third-order valence-electron chi connectivity index (χ3n) is 3.51. The maximum atomic E-state index is 8.96. The quantitative estimate of drug-likeness (QED) is 0.592. The molecular weight excluding hydrogens is 316 g/mol. The fourth-order valence-electron chi connectivity index (χ4n) is 2.37. The molecule has 0 aliphatic carbocycles. The van der Waals surface area contributed by atoms with Crippen LogP contribution in [0.3, 0.4) is 0 Å². The normalized spacial score (nSPS) is 17.3. The molecule has 0 bridgehead atoms. The number of hydrogen-bond acceptors (Lipinski definition) is 9. The van der Waals surface area contributed by atoms with Gasteiger partial charge in [0.05, 0.1) is 31.1 Å². The van der Waals surface area contributed by atoms with E-state index in [9.17, 15) is 0 Å². The zero-order valence-corrected chi connectivity index (χ0v) is 13.5. The summed E-state index contributed by atoms with van der Waals surface area (Å²) in [5, 5.41) is 17.7. The highest BCUT2D eigenvalue weighted by molar-refractivity contribution is 7.13. The molecule has 8 nitrogen and oxygen atoms in total. The Morgan fingerprint density at radius 3 is 2.96 bits per heavy atom. The van der Waals surface area contributed by atoms with Crippen molar-refractivity contribution in [3.8, 4) is 0 Å². The molecule has 3 rings (SSSR count). The number of hydrogen-bond donors (Lipinski definition) is 4. The predicted octanol–water partition coefficient (Wildman–Crippen LogP) is 1.04. The topological polar surface area (TPSA) is 118 Å². The van der Waals surface area contributed by atoms with Crippen molar-refractivity contribution in [2.24, 2.45) is 0 Å². The number of nitrogens with zero attached hydrogens (tertiary/aromatic N) is 3. The van der Waals surface area contributed by atoms with E-state index in [0.29, 0.717) is 36.6 Å². The van der Waals surface area contributed by atoms with Crippen LogP contribution in [0.4, 0.5) is 16.9 Å². The Morgan fingerprint density at radius 2 is 2.26 bits per heavy atom. The molecule has 2 aromatic heterocycles. The smallest absolute Gasteiger partial charge is 0.224 e. The lowest BCUT2D eigenvalue weighted by Crippen LogP contribution is -2.13. The van der Waals surface area contributed by atoms with Crippen molar-refractivity contribution in [2.75, 3.05) is 42.7 Å². The highest BCUT2D eigenvalue weighted by Gasteiger charge is 2.20. The highest BCUT2D eigenvalue weighted by Crippen LogP contribution is 2.26. The Labute approximate surface area is 138 Å². The summed E-state index contributed by atoms with van der Waals surface area (Å²) in [6, 6.07) is 1.94. The number of rotatable bonds is 7. The van der Waals surface area contributed by atoms with Crippen LogP contribution in [0.1, 0.15) is 23.7 Å². The van der Waals surface area contributed by atoms with Gasteiger partial charge in [0.25, 0.3) is 0 Å². The second-order valence-corrected chi connectivity index (χ2v) is 6.13. The van der Waals surface area contributed by atoms with E-state index in [-0.39, 0.29) is 12.5 Å². The minimum absolute atomic E-state index is 0.0288. The molecule has 0 spiro atoms. The fourth-order valence-corrected chi connectivity index (χ4v) is 2.93. The van der Waals surface area contributed by atoms with Crippen LogP contribution in [0, 0.1) is 0 Å². The van der Waals surface area contributed by atoms with Gasteiger partial charge in [-0.25, -0.2) is 9.97 Å². The van der Waals surface area contributed by atoms with Crippen LogP contribution in [0.25, 0.3) is 0 Å². The number of nitrogens with two attached hydrogens (primary N) is 1. The predicted molar refractivity (Wildman–Crippen MR) is 89.6 cm³/mol. The van der Waals surface area contributed by atoms with E-state index >= 15 is 0 Å². The van der Waals surface area contributed by atoms with E-state index < -0.39 is 0 Å². The number of thiazole rings is 1. The van der Waals surface area contributed by atoms with Crippen molar-refractivity contribution in [1.82, 2.24) is 15.0 Å². The minimum Gasteiger partial charge on any atom is -0.395 e. The number of aliphatic hydroxyl groups excluding tert-OH is 1. The number of anilines is 3. The average molecular weight is 336 g/mol. The Bertz CT molecular complexity index is 644. The van der Waals surface area contributed by atoms with E-state index in [1.807, 2.05) is 11.4 Å². The largest absolute Gasteiger partial charge is 0.395 e. The molecule has 124 valence electrons. The molecule has 0 amide bonds. The van der Waals surface area contributed by atoms with Gasteiger partial charge < -0.3 is 26.2 Å². The lowest BCUT2D eigenvalue weighted by Gasteiger charge is -2.13. The van der Waals surface area contributed by atoms with Gasteiger partial charge in [-0.05, 0) is 6.42 Å². The van der Waals surface area contributed by atoms with E-state index in [4.69, 9.17) is 15.6 Å². The zero-order valence-electron chi connectivity index (χ0n) is 12.7. The molecule has 1 unspecified atom stereocenters. The molecule has 2 aromatic rings. The summed E-state index contributed by atoms with van der Waals surface area (Å²) in [5.41, 5.74) is 7.46. The Hall–Kier alpha value is -1.97. The van der Waals surface area contributed by atoms with Gasteiger partial charge in [0, 0.05) is 30.5 Å². The first-order valence-corrected chi connectivity index (χ1v) is 8.38. The molecule has 0 saturated carbocycles. The van der Waals surface area contributed by atoms with Gasteiger partial charge in [-0.2, -0.15) is 4.98 Å². The summed E-state index contributed by atoms with van der Waals surface area (Å²) in [4.78, 5) is 13.2. The third-order valence-corrected chi connectivity index (χ3v) is 4.23. The van der Waals surface area contributed by atoms with Gasteiger partial charge in [-0.15, -0.1) is 11.3 Å². The number of aliphatic hydroxyl groups is 1. The van der Waals surface area contributed by atoms with Crippen LogP contribution in [-0.2, 0) is 11.3 Å². The summed E-state index contributed by atoms with van der Waals surface area (Å²) in [6.45, 7) is 2.42. The van der Waals surface area contributed by atoms with Crippen molar-refractivity contribution in [1.29, 1.82) is 0 Å². The van der Waals surface area contributed by atoms with Gasteiger partial charge in [0.15, 0.2) is 5.13 Å².